The van der Waals surface area contributed by atoms with Crippen LogP contribution in [-0.4, -0.2) is 64.3 Å². The molecule has 0 bridgehead atoms. The lowest BCUT2D eigenvalue weighted by atomic mass is 10.2. The molecule has 0 spiro atoms. The first-order valence-corrected chi connectivity index (χ1v) is 7.32. The van der Waals surface area contributed by atoms with E-state index in [0.717, 1.165) is 6.42 Å². The van der Waals surface area contributed by atoms with Gasteiger partial charge in [0, 0.05) is 31.4 Å². The largest absolute Gasteiger partial charge is 0.480 e. The third-order valence-electron chi connectivity index (χ3n) is 3.41. The van der Waals surface area contributed by atoms with Crippen LogP contribution in [0.3, 0.4) is 0 Å². The first kappa shape index (κ1) is 14.8. The predicted molar refractivity (Wildman–Crippen MR) is 74.8 cm³/mol. The number of carbonyl (C=O) groups is 2. The average Bonchev–Trinajstić information content (AvgIpc) is 3.03. The number of aliphatic hydroxyl groups is 1. The summed E-state index contributed by atoms with van der Waals surface area (Å²) < 4.78 is 0. The lowest BCUT2D eigenvalue weighted by Gasteiger charge is -2.27. The standard InChI is InChI=1S/C13H18N2O4S/c1-14(5-4-10-3-2-6-20-10)13(19)15-8-9(16)7-11(15)12(17)18/h2-3,6,9,11,16H,4-5,7-8H2,1H3,(H,17,18)/t9-,11-/m1/s1. The number of hydrogen-bond acceptors (Lipinski definition) is 4. The number of amides is 2. The number of rotatable bonds is 4. The normalized spacial score (nSPS) is 22.0. The Morgan fingerprint density at radius 3 is 2.90 bits per heavy atom. The third kappa shape index (κ3) is 3.29. The Bertz CT molecular complexity index is 477. The van der Waals surface area contributed by atoms with E-state index < -0.39 is 18.1 Å². The van der Waals surface area contributed by atoms with Crippen molar-refractivity contribution >= 4 is 23.3 Å². The summed E-state index contributed by atoms with van der Waals surface area (Å²) in [6.45, 7) is 0.609. The minimum atomic E-state index is -1.07. The third-order valence-corrected chi connectivity index (χ3v) is 4.35. The van der Waals surface area contributed by atoms with E-state index in [1.165, 1.54) is 14.7 Å². The second-order valence-corrected chi connectivity index (χ2v) is 5.96. The number of thiophene rings is 1. The summed E-state index contributed by atoms with van der Waals surface area (Å²) in [6, 6.07) is 2.69. The lowest BCUT2D eigenvalue weighted by Crippen LogP contribution is -2.47. The molecule has 2 heterocycles. The maximum absolute atomic E-state index is 12.2. The summed E-state index contributed by atoms with van der Waals surface area (Å²) >= 11 is 1.63. The van der Waals surface area contributed by atoms with E-state index in [4.69, 9.17) is 5.11 Å². The molecule has 0 aliphatic carbocycles. The molecule has 6 nitrogen and oxygen atoms in total. The molecule has 2 N–H and O–H groups in total. The molecule has 0 aromatic carbocycles. The van der Waals surface area contributed by atoms with Gasteiger partial charge in [0.2, 0.25) is 0 Å². The number of aliphatic hydroxyl groups excluding tert-OH is 1. The number of nitrogens with zero attached hydrogens (tertiary/aromatic N) is 2. The molecule has 7 heteroatoms. The van der Waals surface area contributed by atoms with Gasteiger partial charge in [0.1, 0.15) is 6.04 Å². The van der Waals surface area contributed by atoms with E-state index in [9.17, 15) is 14.7 Å². The fourth-order valence-corrected chi connectivity index (χ4v) is 3.01. The smallest absolute Gasteiger partial charge is 0.326 e. The molecule has 0 unspecified atom stereocenters. The van der Waals surface area contributed by atoms with Crippen molar-refractivity contribution in [1.82, 2.24) is 9.80 Å². The molecule has 1 aromatic rings. The minimum absolute atomic E-state index is 0.0825. The van der Waals surface area contributed by atoms with Crippen LogP contribution in [0.15, 0.2) is 17.5 Å². The van der Waals surface area contributed by atoms with Crippen molar-refractivity contribution in [3.05, 3.63) is 22.4 Å². The van der Waals surface area contributed by atoms with E-state index in [-0.39, 0.29) is 19.0 Å². The van der Waals surface area contributed by atoms with Crippen LogP contribution in [0, 0.1) is 0 Å². The first-order valence-electron chi connectivity index (χ1n) is 6.44. The van der Waals surface area contributed by atoms with Crippen molar-refractivity contribution in [3.8, 4) is 0 Å². The van der Waals surface area contributed by atoms with Crippen molar-refractivity contribution in [1.29, 1.82) is 0 Å². The fraction of sp³-hybridized carbons (Fsp3) is 0.538. The van der Waals surface area contributed by atoms with Gasteiger partial charge in [-0.3, -0.25) is 0 Å². The molecule has 110 valence electrons. The van der Waals surface area contributed by atoms with Crippen LogP contribution in [0.25, 0.3) is 0 Å². The number of likely N-dealkylation sites (N-methyl/N-ethyl adjacent to an activating group) is 1. The Kier molecular flexibility index (Phi) is 4.61. The van der Waals surface area contributed by atoms with Crippen molar-refractivity contribution in [2.75, 3.05) is 20.1 Å². The van der Waals surface area contributed by atoms with E-state index in [1.54, 1.807) is 18.4 Å². The van der Waals surface area contributed by atoms with Crippen LogP contribution in [0.2, 0.25) is 0 Å². The summed E-state index contributed by atoms with van der Waals surface area (Å²) in [4.78, 5) is 27.3. The Morgan fingerprint density at radius 2 is 2.30 bits per heavy atom. The second kappa shape index (κ2) is 6.23. The highest BCUT2D eigenvalue weighted by atomic mass is 32.1. The lowest BCUT2D eigenvalue weighted by molar-refractivity contribution is -0.141. The number of likely N-dealkylation sites (tertiary alicyclic amines) is 1. The van der Waals surface area contributed by atoms with Gasteiger partial charge in [-0.1, -0.05) is 6.07 Å². The van der Waals surface area contributed by atoms with Gasteiger partial charge in [-0.25, -0.2) is 9.59 Å². The highest BCUT2D eigenvalue weighted by Gasteiger charge is 2.39. The molecule has 2 rings (SSSR count). The van der Waals surface area contributed by atoms with Gasteiger partial charge in [0.05, 0.1) is 6.10 Å². The summed E-state index contributed by atoms with van der Waals surface area (Å²) in [5, 5.41) is 20.6. The number of β-amino-alcohol motifs (C(OH)–C–C–N with tert-alkyl or cyclic N) is 1. The van der Waals surface area contributed by atoms with Gasteiger partial charge in [-0.05, 0) is 17.9 Å². The van der Waals surface area contributed by atoms with Gasteiger partial charge >= 0.3 is 12.0 Å². The molecule has 2 atom stereocenters. The zero-order valence-electron chi connectivity index (χ0n) is 11.2. The average molecular weight is 298 g/mol. The zero-order chi connectivity index (χ0) is 14.7. The van der Waals surface area contributed by atoms with Crippen LogP contribution < -0.4 is 0 Å². The number of carboxylic acid groups (broad SMARTS) is 1. The highest BCUT2D eigenvalue weighted by molar-refractivity contribution is 7.09. The van der Waals surface area contributed by atoms with Crippen molar-refractivity contribution < 1.29 is 19.8 Å². The molecule has 1 saturated heterocycles. The Balaban J connectivity index is 1.93. The molecular weight excluding hydrogens is 280 g/mol. The summed E-state index contributed by atoms with van der Waals surface area (Å²) in [5.41, 5.74) is 0. The van der Waals surface area contributed by atoms with Gasteiger partial charge in [0.25, 0.3) is 0 Å². The van der Waals surface area contributed by atoms with Crippen molar-refractivity contribution in [2.45, 2.75) is 25.0 Å². The van der Waals surface area contributed by atoms with E-state index in [1.807, 2.05) is 17.5 Å². The first-order chi connectivity index (χ1) is 9.49. The number of aliphatic carboxylic acids is 1. The summed E-state index contributed by atoms with van der Waals surface area (Å²) in [6.07, 6.45) is 0.0826. The Hall–Kier alpha value is -1.60. The maximum Gasteiger partial charge on any atom is 0.326 e. The Labute approximate surface area is 121 Å². The van der Waals surface area contributed by atoms with Crippen LogP contribution >= 0.6 is 11.3 Å². The number of urea groups is 1. The van der Waals surface area contributed by atoms with Crippen LogP contribution in [0.5, 0.6) is 0 Å². The Morgan fingerprint density at radius 1 is 1.55 bits per heavy atom. The van der Waals surface area contributed by atoms with Crippen molar-refractivity contribution in [3.63, 3.8) is 0 Å². The quantitative estimate of drug-likeness (QED) is 0.864. The van der Waals surface area contributed by atoms with E-state index >= 15 is 0 Å². The molecule has 0 radical (unpaired) electrons. The monoisotopic (exact) mass is 298 g/mol. The maximum atomic E-state index is 12.2. The van der Waals surface area contributed by atoms with Crippen LogP contribution in [0.4, 0.5) is 4.79 Å². The SMILES string of the molecule is CN(CCc1cccs1)C(=O)N1C[C@H](O)C[C@@H]1C(=O)O. The molecule has 1 aliphatic heterocycles. The molecule has 1 aliphatic rings. The number of carbonyl (C=O) groups excluding carboxylic acids is 1. The molecule has 1 aromatic heterocycles. The highest BCUT2D eigenvalue weighted by Crippen LogP contribution is 2.20. The van der Waals surface area contributed by atoms with Gasteiger partial charge < -0.3 is 20.0 Å². The van der Waals surface area contributed by atoms with E-state index in [0.29, 0.717) is 6.54 Å². The molecule has 1 fully saturated rings. The van der Waals surface area contributed by atoms with Crippen LogP contribution in [0.1, 0.15) is 11.3 Å². The number of hydrogen-bond donors (Lipinski definition) is 2. The zero-order valence-corrected chi connectivity index (χ0v) is 12.0. The minimum Gasteiger partial charge on any atom is -0.480 e. The van der Waals surface area contributed by atoms with Crippen LogP contribution in [-0.2, 0) is 11.2 Å². The molecule has 0 saturated carbocycles. The number of carboxylic acids is 1. The second-order valence-electron chi connectivity index (χ2n) is 4.93. The molecule has 20 heavy (non-hydrogen) atoms. The van der Waals surface area contributed by atoms with Gasteiger partial charge in [0.15, 0.2) is 0 Å². The topological polar surface area (TPSA) is 81.1 Å². The molecular formula is C13H18N2O4S. The van der Waals surface area contributed by atoms with Crippen molar-refractivity contribution in [2.24, 2.45) is 0 Å². The fourth-order valence-electron chi connectivity index (χ4n) is 2.31. The molecule has 2 amide bonds. The predicted octanol–water partition coefficient (Wildman–Crippen LogP) is 0.862. The summed E-state index contributed by atoms with van der Waals surface area (Å²) in [5.74, 6) is -1.07. The van der Waals surface area contributed by atoms with E-state index in [2.05, 4.69) is 0 Å². The summed E-state index contributed by atoms with van der Waals surface area (Å²) in [7, 11) is 1.65. The van der Waals surface area contributed by atoms with Gasteiger partial charge in [-0.15, -0.1) is 11.3 Å². The van der Waals surface area contributed by atoms with Gasteiger partial charge in [-0.2, -0.15) is 0 Å².